The van der Waals surface area contributed by atoms with Crippen molar-refractivity contribution in [1.82, 2.24) is 5.32 Å². The van der Waals surface area contributed by atoms with Crippen LogP contribution in [0.1, 0.15) is 27.0 Å². The molecule has 7 nitrogen and oxygen atoms in total. The van der Waals surface area contributed by atoms with Crippen LogP contribution in [0.3, 0.4) is 0 Å². The molecule has 1 amide bonds. The number of rotatable bonds is 9. The van der Waals surface area contributed by atoms with E-state index in [1.54, 1.807) is 50.4 Å². The van der Waals surface area contributed by atoms with Crippen molar-refractivity contribution in [3.8, 4) is 11.5 Å². The van der Waals surface area contributed by atoms with Gasteiger partial charge < -0.3 is 14.8 Å². The van der Waals surface area contributed by atoms with Crippen LogP contribution in [0.4, 0.5) is 5.69 Å². The number of aryl methyl sites for hydroxylation is 3. The number of amides is 1. The van der Waals surface area contributed by atoms with E-state index in [0.29, 0.717) is 22.7 Å². The maximum absolute atomic E-state index is 13.0. The van der Waals surface area contributed by atoms with Crippen molar-refractivity contribution >= 4 is 21.6 Å². The zero-order valence-corrected chi connectivity index (χ0v) is 20.0. The predicted molar refractivity (Wildman–Crippen MR) is 129 cm³/mol. The Morgan fingerprint density at radius 1 is 0.909 bits per heavy atom. The Kier molecular flexibility index (Phi) is 7.60. The molecular weight excluding hydrogens is 440 g/mol. The molecule has 0 aliphatic rings. The molecule has 0 saturated heterocycles. The van der Waals surface area contributed by atoms with E-state index in [1.165, 1.54) is 6.07 Å². The van der Waals surface area contributed by atoms with E-state index in [2.05, 4.69) is 10.0 Å². The van der Waals surface area contributed by atoms with Crippen LogP contribution < -0.4 is 19.5 Å². The fraction of sp³-hybridized carbons (Fsp3) is 0.240. The number of anilines is 1. The van der Waals surface area contributed by atoms with E-state index in [-0.39, 0.29) is 29.5 Å². The number of carbonyl (C=O) groups is 1. The minimum Gasteiger partial charge on any atom is -0.497 e. The molecule has 0 radical (unpaired) electrons. The Hall–Kier alpha value is -3.52. The summed E-state index contributed by atoms with van der Waals surface area (Å²) in [5, 5.41) is 2.75. The first-order valence-corrected chi connectivity index (χ1v) is 11.9. The van der Waals surface area contributed by atoms with Gasteiger partial charge in [0.25, 0.3) is 15.9 Å². The predicted octanol–water partition coefficient (Wildman–Crippen LogP) is 4.23. The molecule has 3 aromatic rings. The zero-order chi connectivity index (χ0) is 24.0. The molecule has 0 spiro atoms. The van der Waals surface area contributed by atoms with Crippen molar-refractivity contribution in [3.05, 3.63) is 82.9 Å². The van der Waals surface area contributed by atoms with Gasteiger partial charge in [0.2, 0.25) is 0 Å². The Bertz CT molecular complexity index is 1240. The van der Waals surface area contributed by atoms with Gasteiger partial charge in [0.15, 0.2) is 0 Å². The number of benzene rings is 3. The average molecular weight is 469 g/mol. The smallest absolute Gasteiger partial charge is 0.262 e. The molecule has 2 N–H and O–H groups in total. The van der Waals surface area contributed by atoms with E-state index in [0.717, 1.165) is 11.1 Å². The van der Waals surface area contributed by atoms with Gasteiger partial charge in [0, 0.05) is 17.3 Å². The van der Waals surface area contributed by atoms with Crippen LogP contribution in [0, 0.1) is 20.8 Å². The number of carbonyl (C=O) groups excluding carboxylic acids is 1. The lowest BCUT2D eigenvalue weighted by Gasteiger charge is -2.13. The third kappa shape index (κ3) is 6.49. The molecule has 174 valence electrons. The lowest BCUT2D eigenvalue weighted by atomic mass is 10.1. The van der Waals surface area contributed by atoms with Gasteiger partial charge in [-0.2, -0.15) is 0 Å². The van der Waals surface area contributed by atoms with Crippen molar-refractivity contribution in [2.75, 3.05) is 25.0 Å². The molecule has 0 aromatic heterocycles. The Morgan fingerprint density at radius 2 is 1.61 bits per heavy atom. The molecule has 3 rings (SSSR count). The Balaban J connectivity index is 1.66. The summed E-state index contributed by atoms with van der Waals surface area (Å²) < 4.78 is 39.4. The van der Waals surface area contributed by atoms with Gasteiger partial charge in [-0.1, -0.05) is 18.2 Å². The summed E-state index contributed by atoms with van der Waals surface area (Å²) in [4.78, 5) is 12.7. The van der Waals surface area contributed by atoms with Gasteiger partial charge in [0.05, 0.1) is 18.6 Å². The molecule has 0 bridgehead atoms. The van der Waals surface area contributed by atoms with Crippen LogP contribution in [0.2, 0.25) is 0 Å². The Labute approximate surface area is 194 Å². The van der Waals surface area contributed by atoms with Crippen LogP contribution >= 0.6 is 0 Å². The molecule has 0 aliphatic heterocycles. The summed E-state index contributed by atoms with van der Waals surface area (Å²) in [5.41, 5.74) is 3.19. The molecule has 0 aliphatic carbocycles. The van der Waals surface area contributed by atoms with Gasteiger partial charge in [-0.15, -0.1) is 0 Å². The fourth-order valence-corrected chi connectivity index (χ4v) is 4.71. The summed E-state index contributed by atoms with van der Waals surface area (Å²) in [6, 6.07) is 17.3. The molecule has 0 heterocycles. The summed E-state index contributed by atoms with van der Waals surface area (Å²) in [5.74, 6) is 0.927. The first-order valence-electron chi connectivity index (χ1n) is 10.4. The number of ether oxygens (including phenoxy) is 2. The van der Waals surface area contributed by atoms with E-state index in [1.807, 2.05) is 32.0 Å². The van der Waals surface area contributed by atoms with Crippen molar-refractivity contribution < 1.29 is 22.7 Å². The van der Waals surface area contributed by atoms with Gasteiger partial charge in [-0.25, -0.2) is 8.42 Å². The molecule has 0 unspecified atom stereocenters. The highest BCUT2D eigenvalue weighted by molar-refractivity contribution is 7.92. The van der Waals surface area contributed by atoms with Gasteiger partial charge in [-0.05, 0) is 73.9 Å². The van der Waals surface area contributed by atoms with Crippen LogP contribution in [0.5, 0.6) is 11.5 Å². The van der Waals surface area contributed by atoms with Crippen LogP contribution in [-0.2, 0) is 10.0 Å². The summed E-state index contributed by atoms with van der Waals surface area (Å²) in [6.07, 6.45) is 0. The molecule has 0 saturated carbocycles. The van der Waals surface area contributed by atoms with E-state index in [4.69, 9.17) is 9.47 Å². The first kappa shape index (κ1) is 24.1. The number of methoxy groups -OCH3 is 1. The number of hydrogen-bond acceptors (Lipinski definition) is 5. The SMILES string of the molecule is COc1cccc(OCCNC(=O)c2ccc(C)c(S(=O)(=O)Nc3cc(C)cc(C)c3)c2)c1. The maximum atomic E-state index is 13.0. The van der Waals surface area contributed by atoms with E-state index < -0.39 is 10.0 Å². The van der Waals surface area contributed by atoms with E-state index >= 15 is 0 Å². The second-order valence-corrected chi connectivity index (χ2v) is 9.40. The Morgan fingerprint density at radius 3 is 2.30 bits per heavy atom. The number of nitrogens with one attached hydrogen (secondary N) is 2. The van der Waals surface area contributed by atoms with Crippen molar-refractivity contribution in [2.45, 2.75) is 25.7 Å². The highest BCUT2D eigenvalue weighted by atomic mass is 32.2. The zero-order valence-electron chi connectivity index (χ0n) is 19.1. The average Bonchev–Trinajstić information content (AvgIpc) is 2.76. The topological polar surface area (TPSA) is 93.7 Å². The quantitative estimate of drug-likeness (QED) is 0.459. The molecule has 0 atom stereocenters. The molecule has 33 heavy (non-hydrogen) atoms. The lowest BCUT2D eigenvalue weighted by Crippen LogP contribution is -2.28. The summed E-state index contributed by atoms with van der Waals surface area (Å²) >= 11 is 0. The normalized spacial score (nSPS) is 11.0. The summed E-state index contributed by atoms with van der Waals surface area (Å²) in [7, 11) is -2.29. The highest BCUT2D eigenvalue weighted by Gasteiger charge is 2.19. The minimum atomic E-state index is -3.87. The van der Waals surface area contributed by atoms with Crippen LogP contribution in [0.15, 0.2) is 65.6 Å². The third-order valence-electron chi connectivity index (χ3n) is 4.91. The van der Waals surface area contributed by atoms with Gasteiger partial charge in [0.1, 0.15) is 18.1 Å². The number of hydrogen-bond donors (Lipinski definition) is 2. The van der Waals surface area contributed by atoms with Crippen molar-refractivity contribution in [2.24, 2.45) is 0 Å². The van der Waals surface area contributed by atoms with Crippen LogP contribution in [0.25, 0.3) is 0 Å². The van der Waals surface area contributed by atoms with Gasteiger partial charge in [-0.3, -0.25) is 9.52 Å². The highest BCUT2D eigenvalue weighted by Crippen LogP contribution is 2.23. The van der Waals surface area contributed by atoms with Crippen molar-refractivity contribution in [1.29, 1.82) is 0 Å². The monoisotopic (exact) mass is 468 g/mol. The largest absolute Gasteiger partial charge is 0.497 e. The molecule has 8 heteroatoms. The molecular formula is C25H28N2O5S. The second kappa shape index (κ2) is 10.4. The summed E-state index contributed by atoms with van der Waals surface area (Å²) in [6.45, 7) is 6.01. The fourth-order valence-electron chi connectivity index (χ4n) is 3.40. The standard InChI is InChI=1S/C25H28N2O5S/c1-17-12-18(2)14-21(13-17)27-33(29,30)24-15-20(9-8-19(24)3)25(28)26-10-11-32-23-7-5-6-22(16-23)31-4/h5-9,12-16,27H,10-11H2,1-4H3,(H,26,28). The lowest BCUT2D eigenvalue weighted by molar-refractivity contribution is 0.0946. The maximum Gasteiger partial charge on any atom is 0.262 e. The minimum absolute atomic E-state index is 0.0574. The van der Waals surface area contributed by atoms with E-state index in [9.17, 15) is 13.2 Å². The van der Waals surface area contributed by atoms with Gasteiger partial charge >= 0.3 is 0 Å². The van der Waals surface area contributed by atoms with Crippen molar-refractivity contribution in [3.63, 3.8) is 0 Å². The first-order chi connectivity index (χ1) is 15.7. The van der Waals surface area contributed by atoms with Crippen LogP contribution in [-0.4, -0.2) is 34.6 Å². The second-order valence-electron chi connectivity index (χ2n) is 7.75. The third-order valence-corrected chi connectivity index (χ3v) is 6.43. The molecule has 0 fully saturated rings. The number of sulfonamides is 1. The molecule has 3 aromatic carbocycles.